The number of fused-ring (bicyclic) bond motifs is 3. The standard InChI is InChI=1S/C23H20N10S2/c1-24-14-3-7-20-27-29-22(32(20)12-10-14)34-15-4-5-17-16(13-15)18(9-11-26-17)35-23-30-28-21-8-6-19(25-2)31-33(21)23/h3-11,13,24H,12H2,1-2H3,(H,25,31). The maximum atomic E-state index is 4.56. The topological polar surface area (TPSA) is 111 Å². The van der Waals surface area contributed by atoms with Gasteiger partial charge in [0.25, 0.3) is 0 Å². The maximum absolute atomic E-state index is 4.56. The second-order valence-corrected chi connectivity index (χ2v) is 9.66. The van der Waals surface area contributed by atoms with Crippen molar-refractivity contribution >= 4 is 52.0 Å². The summed E-state index contributed by atoms with van der Waals surface area (Å²) in [6.07, 6.45) is 7.91. The summed E-state index contributed by atoms with van der Waals surface area (Å²) in [6.45, 7) is 0.700. The lowest BCUT2D eigenvalue weighted by Gasteiger charge is -2.08. The van der Waals surface area contributed by atoms with Crippen LogP contribution in [0.3, 0.4) is 0 Å². The molecule has 1 aliphatic rings. The molecule has 1 aromatic carbocycles. The molecule has 0 spiro atoms. The van der Waals surface area contributed by atoms with E-state index in [1.807, 2.05) is 56.7 Å². The van der Waals surface area contributed by atoms with Gasteiger partial charge in [-0.2, -0.15) is 4.52 Å². The zero-order valence-corrected chi connectivity index (χ0v) is 20.5. The molecule has 174 valence electrons. The van der Waals surface area contributed by atoms with E-state index in [2.05, 4.69) is 63.9 Å². The number of hydrogen-bond acceptors (Lipinski definition) is 10. The number of aromatic nitrogens is 8. The van der Waals surface area contributed by atoms with E-state index in [-0.39, 0.29) is 0 Å². The van der Waals surface area contributed by atoms with Gasteiger partial charge in [-0.25, -0.2) is 0 Å². The summed E-state index contributed by atoms with van der Waals surface area (Å²) in [5, 5.41) is 30.7. The smallest absolute Gasteiger partial charge is 0.217 e. The van der Waals surface area contributed by atoms with Gasteiger partial charge in [-0.05, 0) is 78.2 Å². The minimum atomic E-state index is 0.685. The van der Waals surface area contributed by atoms with E-state index in [0.717, 1.165) is 43.2 Å². The average molecular weight is 501 g/mol. The Bertz CT molecular complexity index is 1620. The predicted octanol–water partition coefficient (Wildman–Crippen LogP) is 3.74. The number of rotatable bonds is 6. The van der Waals surface area contributed by atoms with Gasteiger partial charge in [0.1, 0.15) is 5.82 Å². The Morgan fingerprint density at radius 1 is 0.886 bits per heavy atom. The summed E-state index contributed by atoms with van der Waals surface area (Å²) >= 11 is 3.09. The molecule has 0 bridgehead atoms. The van der Waals surface area contributed by atoms with Crippen LogP contribution in [0, 0.1) is 0 Å². The highest BCUT2D eigenvalue weighted by atomic mass is 32.2. The lowest BCUT2D eigenvalue weighted by atomic mass is 10.2. The maximum Gasteiger partial charge on any atom is 0.217 e. The van der Waals surface area contributed by atoms with E-state index < -0.39 is 0 Å². The van der Waals surface area contributed by atoms with Crippen LogP contribution in [0.4, 0.5) is 5.82 Å². The minimum absolute atomic E-state index is 0.685. The third-order valence-electron chi connectivity index (χ3n) is 5.51. The minimum Gasteiger partial charge on any atom is -0.388 e. The summed E-state index contributed by atoms with van der Waals surface area (Å²) in [6, 6.07) is 12.0. The Kier molecular flexibility index (Phi) is 5.58. The van der Waals surface area contributed by atoms with Crippen molar-refractivity contribution in [2.75, 3.05) is 19.4 Å². The molecule has 35 heavy (non-hydrogen) atoms. The van der Waals surface area contributed by atoms with Crippen molar-refractivity contribution in [3.05, 3.63) is 66.3 Å². The molecule has 0 saturated heterocycles. The van der Waals surface area contributed by atoms with Gasteiger partial charge in [0, 0.05) is 47.7 Å². The van der Waals surface area contributed by atoms with Crippen LogP contribution >= 0.6 is 23.5 Å². The van der Waals surface area contributed by atoms with Crippen LogP contribution in [0.25, 0.3) is 22.6 Å². The van der Waals surface area contributed by atoms with Gasteiger partial charge in [-0.15, -0.1) is 25.5 Å². The van der Waals surface area contributed by atoms with Crippen LogP contribution in [-0.2, 0) is 6.54 Å². The molecule has 0 radical (unpaired) electrons. The van der Waals surface area contributed by atoms with Crippen LogP contribution in [-0.4, -0.2) is 53.7 Å². The lowest BCUT2D eigenvalue weighted by molar-refractivity contribution is 0.715. The highest BCUT2D eigenvalue weighted by molar-refractivity contribution is 7.99. The molecule has 10 nitrogen and oxygen atoms in total. The number of nitrogens with one attached hydrogen (secondary N) is 2. The van der Waals surface area contributed by atoms with Crippen LogP contribution in [0.15, 0.2) is 80.5 Å². The largest absolute Gasteiger partial charge is 0.388 e. The van der Waals surface area contributed by atoms with Gasteiger partial charge in [0.05, 0.1) is 5.52 Å². The Labute approximate surface area is 209 Å². The summed E-state index contributed by atoms with van der Waals surface area (Å²) in [7, 11) is 3.75. The molecule has 0 atom stereocenters. The number of likely N-dealkylation sites (N-methyl/N-ethyl adjacent to an activating group) is 1. The first-order valence-electron chi connectivity index (χ1n) is 10.9. The number of nitrogens with zero attached hydrogens (tertiary/aromatic N) is 8. The number of pyridine rings is 1. The Morgan fingerprint density at radius 2 is 1.80 bits per heavy atom. The van der Waals surface area contributed by atoms with E-state index in [9.17, 15) is 0 Å². The van der Waals surface area contributed by atoms with Gasteiger partial charge in [0.2, 0.25) is 5.16 Å². The fraction of sp³-hybridized carbons (Fsp3) is 0.130. The van der Waals surface area contributed by atoms with Crippen molar-refractivity contribution in [1.82, 2.24) is 44.9 Å². The second kappa shape index (κ2) is 9.04. The lowest BCUT2D eigenvalue weighted by Crippen LogP contribution is -2.04. The average Bonchev–Trinajstić information content (AvgIpc) is 3.40. The fourth-order valence-corrected chi connectivity index (χ4v) is 5.49. The zero-order chi connectivity index (χ0) is 23.8. The predicted molar refractivity (Wildman–Crippen MR) is 137 cm³/mol. The monoisotopic (exact) mass is 500 g/mol. The third-order valence-corrected chi connectivity index (χ3v) is 7.50. The number of allylic oxidation sites excluding steroid dienone is 2. The van der Waals surface area contributed by atoms with Crippen LogP contribution < -0.4 is 10.6 Å². The van der Waals surface area contributed by atoms with Crippen molar-refractivity contribution in [3.8, 4) is 0 Å². The van der Waals surface area contributed by atoms with Crippen molar-refractivity contribution in [1.29, 1.82) is 0 Å². The second-order valence-electron chi connectivity index (χ2n) is 7.61. The normalized spacial score (nSPS) is 13.0. The van der Waals surface area contributed by atoms with Crippen molar-refractivity contribution in [2.45, 2.75) is 26.6 Å². The van der Waals surface area contributed by atoms with Gasteiger partial charge in [-0.3, -0.25) is 9.55 Å². The number of hydrogen-bond donors (Lipinski definition) is 2. The third kappa shape index (κ3) is 4.10. The van der Waals surface area contributed by atoms with Crippen LogP contribution in [0.1, 0.15) is 5.82 Å². The van der Waals surface area contributed by atoms with Gasteiger partial charge in [0.15, 0.2) is 16.6 Å². The molecule has 5 heterocycles. The van der Waals surface area contributed by atoms with E-state index in [1.165, 1.54) is 11.8 Å². The first-order valence-corrected chi connectivity index (χ1v) is 12.5. The molecular weight excluding hydrogens is 480 g/mol. The summed E-state index contributed by atoms with van der Waals surface area (Å²) in [5.41, 5.74) is 2.65. The molecule has 6 rings (SSSR count). The summed E-state index contributed by atoms with van der Waals surface area (Å²) in [4.78, 5) is 6.62. The summed E-state index contributed by atoms with van der Waals surface area (Å²) in [5.74, 6) is 1.58. The molecule has 4 aromatic heterocycles. The Morgan fingerprint density at radius 3 is 2.69 bits per heavy atom. The number of benzene rings is 1. The van der Waals surface area contributed by atoms with E-state index in [1.54, 1.807) is 16.3 Å². The molecule has 12 heteroatoms. The van der Waals surface area contributed by atoms with E-state index >= 15 is 0 Å². The van der Waals surface area contributed by atoms with E-state index in [4.69, 9.17) is 0 Å². The zero-order valence-electron chi connectivity index (χ0n) is 18.9. The van der Waals surface area contributed by atoms with Crippen LogP contribution in [0.2, 0.25) is 0 Å². The van der Waals surface area contributed by atoms with Crippen molar-refractivity contribution < 1.29 is 0 Å². The molecule has 0 unspecified atom stereocenters. The highest BCUT2D eigenvalue weighted by Crippen LogP contribution is 2.35. The van der Waals surface area contributed by atoms with E-state index in [0.29, 0.717) is 17.3 Å². The van der Waals surface area contributed by atoms with Gasteiger partial charge < -0.3 is 10.6 Å². The first kappa shape index (κ1) is 21.6. The quantitative estimate of drug-likeness (QED) is 0.358. The molecule has 1 aliphatic heterocycles. The molecule has 0 fully saturated rings. The SMILES string of the molecule is CNC1=CCn2c(nnc2Sc2ccc3nccc(Sc4nnc5ccc(NC)nn45)c3c2)C=C1. The van der Waals surface area contributed by atoms with Crippen molar-refractivity contribution in [3.63, 3.8) is 0 Å². The molecule has 0 amide bonds. The van der Waals surface area contributed by atoms with Crippen molar-refractivity contribution in [2.24, 2.45) is 0 Å². The fourth-order valence-electron chi connectivity index (χ4n) is 3.70. The van der Waals surface area contributed by atoms with Gasteiger partial charge >= 0.3 is 0 Å². The molecule has 5 aromatic rings. The molecule has 0 saturated carbocycles. The highest BCUT2D eigenvalue weighted by Gasteiger charge is 2.15. The summed E-state index contributed by atoms with van der Waals surface area (Å²) < 4.78 is 3.84. The number of anilines is 1. The first-order chi connectivity index (χ1) is 17.2. The van der Waals surface area contributed by atoms with Gasteiger partial charge in [-0.1, -0.05) is 0 Å². The molecule has 0 aliphatic carbocycles. The Balaban J connectivity index is 1.34. The Hall–Kier alpha value is -3.90. The molecule has 2 N–H and O–H groups in total. The van der Waals surface area contributed by atoms with Crippen LogP contribution in [0.5, 0.6) is 0 Å². The molecular formula is C23H20N10S2.